The molecule has 5 N–H and O–H groups in total. The number of aliphatic hydroxyl groups excluding tert-OH is 3. The van der Waals surface area contributed by atoms with Crippen LogP contribution in [-0.2, 0) is 4.74 Å². The third-order valence-corrected chi connectivity index (χ3v) is 4.11. The Hall–Kier alpha value is -0.790. The van der Waals surface area contributed by atoms with Gasteiger partial charge >= 0.3 is 0 Å². The molecule has 0 saturated carbocycles. The molecule has 6 heteroatoms. The Bertz CT molecular complexity index is 400. The average molecular weight is 271 g/mol. The fourth-order valence-electron chi connectivity index (χ4n) is 1.79. The standard InChI is InChI=1S/C12H17NO4S/c1-6-9(14)10(15)11(16)12(17-6)18-8-4-2-7(13)3-5-8/h2-6,9-12,14-16H,13H2,1H3/t6-,9-,10+,11-,12+/m1/s1. The summed E-state index contributed by atoms with van der Waals surface area (Å²) in [6.07, 6.45) is -3.91. The Labute approximate surface area is 110 Å². The van der Waals surface area contributed by atoms with Gasteiger partial charge in [-0.1, -0.05) is 11.8 Å². The van der Waals surface area contributed by atoms with Crippen molar-refractivity contribution in [3.8, 4) is 0 Å². The summed E-state index contributed by atoms with van der Waals surface area (Å²) >= 11 is 1.29. The Morgan fingerprint density at radius 2 is 1.67 bits per heavy atom. The first-order chi connectivity index (χ1) is 8.49. The summed E-state index contributed by atoms with van der Waals surface area (Å²) in [5.41, 5.74) is 5.64. The number of anilines is 1. The molecule has 0 amide bonds. The highest BCUT2D eigenvalue weighted by Gasteiger charge is 2.42. The monoisotopic (exact) mass is 271 g/mol. The van der Waals surface area contributed by atoms with E-state index in [4.69, 9.17) is 10.5 Å². The van der Waals surface area contributed by atoms with Crippen LogP contribution in [0.25, 0.3) is 0 Å². The van der Waals surface area contributed by atoms with E-state index in [0.717, 1.165) is 4.90 Å². The van der Waals surface area contributed by atoms with Crippen molar-refractivity contribution in [1.82, 2.24) is 0 Å². The van der Waals surface area contributed by atoms with Crippen molar-refractivity contribution >= 4 is 17.4 Å². The second-order valence-corrected chi connectivity index (χ2v) is 5.54. The summed E-state index contributed by atoms with van der Waals surface area (Å²) in [4.78, 5) is 0.879. The highest BCUT2D eigenvalue weighted by Crippen LogP contribution is 2.33. The number of rotatable bonds is 2. The van der Waals surface area contributed by atoms with E-state index in [1.807, 2.05) is 12.1 Å². The zero-order chi connectivity index (χ0) is 13.3. The highest BCUT2D eigenvalue weighted by atomic mass is 32.2. The number of nitrogens with two attached hydrogens (primary N) is 1. The van der Waals surface area contributed by atoms with Crippen LogP contribution in [0.2, 0.25) is 0 Å². The maximum Gasteiger partial charge on any atom is 0.136 e. The van der Waals surface area contributed by atoms with Crippen LogP contribution in [-0.4, -0.2) is 45.2 Å². The lowest BCUT2D eigenvalue weighted by Gasteiger charge is -2.38. The van der Waals surface area contributed by atoms with Gasteiger partial charge in [0.1, 0.15) is 23.7 Å². The Balaban J connectivity index is 2.06. The van der Waals surface area contributed by atoms with Gasteiger partial charge in [0.25, 0.3) is 0 Å². The molecule has 5 nitrogen and oxygen atoms in total. The number of ether oxygens (including phenoxy) is 1. The average Bonchev–Trinajstić information content (AvgIpc) is 2.36. The van der Waals surface area contributed by atoms with Gasteiger partial charge in [0.2, 0.25) is 0 Å². The van der Waals surface area contributed by atoms with Gasteiger partial charge in [-0.05, 0) is 31.2 Å². The fraction of sp³-hybridized carbons (Fsp3) is 0.500. The van der Waals surface area contributed by atoms with Crippen molar-refractivity contribution < 1.29 is 20.1 Å². The topological polar surface area (TPSA) is 95.9 Å². The molecule has 1 aromatic carbocycles. The van der Waals surface area contributed by atoms with Crippen LogP contribution in [0.15, 0.2) is 29.2 Å². The van der Waals surface area contributed by atoms with E-state index < -0.39 is 29.9 Å². The van der Waals surface area contributed by atoms with Crippen molar-refractivity contribution in [2.75, 3.05) is 5.73 Å². The second kappa shape index (κ2) is 5.46. The Morgan fingerprint density at radius 1 is 1.06 bits per heavy atom. The second-order valence-electron chi connectivity index (χ2n) is 4.37. The van der Waals surface area contributed by atoms with Crippen molar-refractivity contribution in [3.05, 3.63) is 24.3 Å². The molecule has 0 aromatic heterocycles. The lowest BCUT2D eigenvalue weighted by Crippen LogP contribution is -2.55. The van der Waals surface area contributed by atoms with E-state index in [0.29, 0.717) is 5.69 Å². The lowest BCUT2D eigenvalue weighted by molar-refractivity contribution is -0.192. The third kappa shape index (κ3) is 2.78. The van der Waals surface area contributed by atoms with Crippen molar-refractivity contribution in [3.63, 3.8) is 0 Å². The molecule has 0 spiro atoms. The van der Waals surface area contributed by atoms with Crippen LogP contribution in [0.5, 0.6) is 0 Å². The minimum absolute atomic E-state index is 0.519. The van der Waals surface area contributed by atoms with Crippen LogP contribution >= 0.6 is 11.8 Å². The van der Waals surface area contributed by atoms with E-state index in [1.54, 1.807) is 19.1 Å². The predicted octanol–water partition coefficient (Wildman–Crippen LogP) is 0.188. The van der Waals surface area contributed by atoms with Gasteiger partial charge in [0.15, 0.2) is 0 Å². The number of benzene rings is 1. The summed E-state index contributed by atoms with van der Waals surface area (Å²) in [5.74, 6) is 0. The number of nitrogen functional groups attached to an aromatic ring is 1. The normalized spacial score (nSPS) is 36.6. The minimum Gasteiger partial charge on any atom is -0.399 e. The van der Waals surface area contributed by atoms with Crippen LogP contribution in [0.1, 0.15) is 6.92 Å². The third-order valence-electron chi connectivity index (χ3n) is 2.94. The van der Waals surface area contributed by atoms with Crippen LogP contribution in [0, 0.1) is 0 Å². The Morgan fingerprint density at radius 3 is 2.28 bits per heavy atom. The van der Waals surface area contributed by atoms with Gasteiger partial charge in [-0.2, -0.15) is 0 Å². The maximum atomic E-state index is 9.86. The maximum absolute atomic E-state index is 9.86. The van der Waals surface area contributed by atoms with Gasteiger partial charge in [0.05, 0.1) is 6.10 Å². The minimum atomic E-state index is -1.19. The molecule has 1 aliphatic heterocycles. The molecule has 5 atom stereocenters. The molecular formula is C12H17NO4S. The van der Waals surface area contributed by atoms with Gasteiger partial charge in [-0.15, -0.1) is 0 Å². The predicted molar refractivity (Wildman–Crippen MR) is 69.1 cm³/mol. The van der Waals surface area contributed by atoms with E-state index in [2.05, 4.69) is 0 Å². The molecule has 18 heavy (non-hydrogen) atoms. The molecule has 0 unspecified atom stereocenters. The molecular weight excluding hydrogens is 254 g/mol. The first kappa shape index (κ1) is 13.6. The van der Waals surface area contributed by atoms with Gasteiger partial charge in [0, 0.05) is 10.6 Å². The van der Waals surface area contributed by atoms with E-state index in [9.17, 15) is 15.3 Å². The summed E-state index contributed by atoms with van der Waals surface area (Å²) < 4.78 is 5.49. The lowest BCUT2D eigenvalue weighted by atomic mass is 10.0. The molecule has 1 fully saturated rings. The zero-order valence-corrected chi connectivity index (χ0v) is 10.7. The van der Waals surface area contributed by atoms with Crippen LogP contribution in [0.4, 0.5) is 5.69 Å². The molecule has 0 radical (unpaired) electrons. The molecule has 1 saturated heterocycles. The number of thioether (sulfide) groups is 1. The zero-order valence-electron chi connectivity index (χ0n) is 9.93. The molecule has 0 bridgehead atoms. The van der Waals surface area contributed by atoms with E-state index >= 15 is 0 Å². The summed E-state index contributed by atoms with van der Waals surface area (Å²) in [5, 5.41) is 29.1. The van der Waals surface area contributed by atoms with E-state index in [1.165, 1.54) is 11.8 Å². The highest BCUT2D eigenvalue weighted by molar-refractivity contribution is 7.99. The number of hydrogen-bond donors (Lipinski definition) is 4. The van der Waals surface area contributed by atoms with Gasteiger partial charge in [-0.25, -0.2) is 0 Å². The van der Waals surface area contributed by atoms with Crippen LogP contribution in [0.3, 0.4) is 0 Å². The molecule has 0 aliphatic carbocycles. The Kier molecular flexibility index (Phi) is 4.14. The largest absolute Gasteiger partial charge is 0.399 e. The number of aliphatic hydroxyl groups is 3. The molecule has 100 valence electrons. The summed E-state index contributed by atoms with van der Waals surface area (Å²) in [7, 11) is 0. The van der Waals surface area contributed by atoms with Crippen molar-refractivity contribution in [1.29, 1.82) is 0 Å². The molecule has 1 heterocycles. The molecule has 2 rings (SSSR count). The summed E-state index contributed by atoms with van der Waals surface area (Å²) in [6.45, 7) is 1.66. The van der Waals surface area contributed by atoms with Crippen molar-refractivity contribution in [2.24, 2.45) is 0 Å². The fourth-order valence-corrected chi connectivity index (χ4v) is 2.88. The summed E-state index contributed by atoms with van der Waals surface area (Å²) in [6, 6.07) is 7.15. The van der Waals surface area contributed by atoms with Crippen LogP contribution < -0.4 is 5.73 Å². The van der Waals surface area contributed by atoms with Crippen molar-refractivity contribution in [2.45, 2.75) is 41.7 Å². The van der Waals surface area contributed by atoms with Gasteiger partial charge < -0.3 is 25.8 Å². The SMILES string of the molecule is C[C@H]1O[C@@H](Sc2ccc(N)cc2)[C@H](O)[C@@H](O)[C@@H]1O. The molecule has 1 aromatic rings. The van der Waals surface area contributed by atoms with Gasteiger partial charge in [-0.3, -0.25) is 0 Å². The van der Waals surface area contributed by atoms with E-state index in [-0.39, 0.29) is 0 Å². The smallest absolute Gasteiger partial charge is 0.136 e. The first-order valence-corrected chi connectivity index (χ1v) is 6.59. The molecule has 1 aliphatic rings. The number of hydrogen-bond acceptors (Lipinski definition) is 6. The first-order valence-electron chi connectivity index (χ1n) is 5.71. The quantitative estimate of drug-likeness (QED) is 0.573.